The van der Waals surface area contributed by atoms with Crippen molar-refractivity contribution in [3.05, 3.63) is 75.4 Å². The summed E-state index contributed by atoms with van der Waals surface area (Å²) in [6.45, 7) is 5.78. The zero-order valence-corrected chi connectivity index (χ0v) is 22.9. The second kappa shape index (κ2) is 11.3. The van der Waals surface area contributed by atoms with Crippen LogP contribution in [-0.2, 0) is 6.42 Å². The number of para-hydroxylation sites is 1. The van der Waals surface area contributed by atoms with Crippen molar-refractivity contribution < 1.29 is 9.90 Å². The Morgan fingerprint density at radius 2 is 1.78 bits per heavy atom. The van der Waals surface area contributed by atoms with Crippen LogP contribution in [-0.4, -0.2) is 64.6 Å². The Balaban J connectivity index is 1.20. The summed E-state index contributed by atoms with van der Waals surface area (Å²) in [5.74, 6) is 0.122. The molecule has 0 spiro atoms. The van der Waals surface area contributed by atoms with Gasteiger partial charge in [-0.1, -0.05) is 47.5 Å². The van der Waals surface area contributed by atoms with Crippen molar-refractivity contribution in [2.24, 2.45) is 5.41 Å². The summed E-state index contributed by atoms with van der Waals surface area (Å²) in [4.78, 5) is 22.7. The van der Waals surface area contributed by atoms with Crippen molar-refractivity contribution in [1.82, 2.24) is 14.8 Å². The maximum absolute atomic E-state index is 13.5. The quantitative estimate of drug-likeness (QED) is 0.407. The number of nitrogens with zero attached hydrogens (tertiary/aromatic N) is 3. The molecular weight excluding hydrogens is 505 g/mol. The molecule has 1 aromatic heterocycles. The number of piperidine rings is 2. The number of carbonyl (C=O) groups excluding carboxylic acids is 1. The maximum atomic E-state index is 13.5. The number of aromatic nitrogens is 1. The standard InChI is InChI=1S/C30H35Cl2N3O2/c1-21-20-33-27-5-3-2-4-24(27)28(21)29(37)35-13-8-23(9-14-35)34-15-10-30(11-16-34,12-17-36)19-22-6-7-25(31)26(32)18-22/h2-7,18,20,23,36H,8-17,19H2,1H3. The van der Waals surface area contributed by atoms with E-state index in [1.54, 1.807) is 0 Å². The highest BCUT2D eigenvalue weighted by atomic mass is 35.5. The van der Waals surface area contributed by atoms with E-state index in [2.05, 4.69) is 16.0 Å². The van der Waals surface area contributed by atoms with E-state index in [0.29, 0.717) is 16.1 Å². The first-order valence-electron chi connectivity index (χ1n) is 13.3. The number of aryl methyl sites for hydroxylation is 1. The molecule has 5 nitrogen and oxygen atoms in total. The number of hydrogen-bond acceptors (Lipinski definition) is 4. The van der Waals surface area contributed by atoms with Crippen molar-refractivity contribution in [3.8, 4) is 0 Å². The number of aliphatic hydroxyl groups excluding tert-OH is 1. The first-order chi connectivity index (χ1) is 17.9. The monoisotopic (exact) mass is 539 g/mol. The van der Waals surface area contributed by atoms with Gasteiger partial charge >= 0.3 is 0 Å². The Labute approximate surface area is 229 Å². The van der Waals surface area contributed by atoms with Crippen LogP contribution in [0.2, 0.25) is 10.0 Å². The van der Waals surface area contributed by atoms with E-state index in [0.717, 1.165) is 86.7 Å². The number of benzene rings is 2. The van der Waals surface area contributed by atoms with Crippen LogP contribution in [0.4, 0.5) is 0 Å². The molecule has 196 valence electrons. The molecule has 1 N–H and O–H groups in total. The summed E-state index contributed by atoms with van der Waals surface area (Å²) in [6, 6.07) is 14.3. The van der Waals surface area contributed by atoms with Crippen molar-refractivity contribution in [2.75, 3.05) is 32.8 Å². The van der Waals surface area contributed by atoms with Crippen LogP contribution in [0.3, 0.4) is 0 Å². The van der Waals surface area contributed by atoms with Gasteiger partial charge in [0, 0.05) is 37.3 Å². The fourth-order valence-electron chi connectivity index (χ4n) is 6.32. The molecular formula is C30H35Cl2N3O2. The Bertz CT molecular complexity index is 1260. The molecule has 2 fully saturated rings. The number of carbonyl (C=O) groups is 1. The van der Waals surface area contributed by atoms with Gasteiger partial charge in [-0.3, -0.25) is 9.78 Å². The molecule has 0 unspecified atom stereocenters. The third-order valence-corrected chi connectivity index (χ3v) is 9.25. The predicted molar refractivity (Wildman–Crippen MR) is 151 cm³/mol. The van der Waals surface area contributed by atoms with Gasteiger partial charge < -0.3 is 14.9 Å². The number of rotatable bonds is 6. The van der Waals surface area contributed by atoms with Crippen LogP contribution in [0, 0.1) is 12.3 Å². The highest BCUT2D eigenvalue weighted by molar-refractivity contribution is 6.42. The molecule has 2 aliphatic heterocycles. The van der Waals surface area contributed by atoms with Gasteiger partial charge in [0.15, 0.2) is 0 Å². The molecule has 2 saturated heterocycles. The van der Waals surface area contributed by atoms with E-state index >= 15 is 0 Å². The van der Waals surface area contributed by atoms with Crippen molar-refractivity contribution in [1.29, 1.82) is 0 Å². The summed E-state index contributed by atoms with van der Waals surface area (Å²) in [6.07, 6.45) is 7.61. The van der Waals surface area contributed by atoms with E-state index in [4.69, 9.17) is 23.2 Å². The third-order valence-electron chi connectivity index (χ3n) is 8.51. The first-order valence-corrected chi connectivity index (χ1v) is 14.1. The SMILES string of the molecule is Cc1cnc2ccccc2c1C(=O)N1CCC(N2CCC(CCO)(Cc3ccc(Cl)c(Cl)c3)CC2)CC1. The molecule has 0 aliphatic carbocycles. The van der Waals surface area contributed by atoms with E-state index in [9.17, 15) is 9.90 Å². The molecule has 2 aliphatic rings. The number of amides is 1. The minimum absolute atomic E-state index is 0.0823. The second-order valence-corrected chi connectivity index (χ2v) is 11.6. The molecule has 3 heterocycles. The molecule has 0 radical (unpaired) electrons. The molecule has 2 aromatic carbocycles. The summed E-state index contributed by atoms with van der Waals surface area (Å²) < 4.78 is 0. The highest BCUT2D eigenvalue weighted by Gasteiger charge is 2.37. The molecule has 5 rings (SSSR count). The van der Waals surface area contributed by atoms with Crippen molar-refractivity contribution in [2.45, 2.75) is 51.5 Å². The minimum Gasteiger partial charge on any atom is -0.396 e. The summed E-state index contributed by atoms with van der Waals surface area (Å²) in [5.41, 5.74) is 3.86. The number of likely N-dealkylation sites (tertiary alicyclic amines) is 2. The van der Waals surface area contributed by atoms with Crippen LogP contribution < -0.4 is 0 Å². The molecule has 1 amide bonds. The van der Waals surface area contributed by atoms with E-state index in [-0.39, 0.29) is 17.9 Å². The summed E-state index contributed by atoms with van der Waals surface area (Å²) in [5, 5.41) is 11.9. The summed E-state index contributed by atoms with van der Waals surface area (Å²) in [7, 11) is 0. The Hall–Kier alpha value is -2.18. The molecule has 0 bridgehead atoms. The van der Waals surface area contributed by atoms with Gasteiger partial charge in [-0.05, 0) is 93.3 Å². The van der Waals surface area contributed by atoms with Crippen LogP contribution in [0.1, 0.15) is 53.6 Å². The lowest BCUT2D eigenvalue weighted by molar-refractivity contribution is 0.0292. The zero-order valence-electron chi connectivity index (χ0n) is 21.4. The number of hydrogen-bond donors (Lipinski definition) is 1. The second-order valence-electron chi connectivity index (χ2n) is 10.8. The van der Waals surface area contributed by atoms with Crippen LogP contribution in [0.15, 0.2) is 48.7 Å². The van der Waals surface area contributed by atoms with Gasteiger partial charge in [0.2, 0.25) is 0 Å². The van der Waals surface area contributed by atoms with E-state index < -0.39 is 0 Å². The molecule has 7 heteroatoms. The Kier molecular flexibility index (Phi) is 8.06. The number of aliphatic hydroxyl groups is 1. The lowest BCUT2D eigenvalue weighted by Gasteiger charge is -2.46. The summed E-state index contributed by atoms with van der Waals surface area (Å²) >= 11 is 12.4. The minimum atomic E-state index is 0.0823. The topological polar surface area (TPSA) is 56.7 Å². The van der Waals surface area contributed by atoms with Gasteiger partial charge in [0.25, 0.3) is 5.91 Å². The number of pyridine rings is 1. The fraction of sp³-hybridized carbons (Fsp3) is 0.467. The van der Waals surface area contributed by atoms with Crippen molar-refractivity contribution in [3.63, 3.8) is 0 Å². The number of halogens is 2. The van der Waals surface area contributed by atoms with Gasteiger partial charge in [0.05, 0.1) is 21.1 Å². The zero-order chi connectivity index (χ0) is 26.0. The van der Waals surface area contributed by atoms with E-state index in [1.165, 1.54) is 5.56 Å². The molecule has 37 heavy (non-hydrogen) atoms. The van der Waals surface area contributed by atoms with E-state index in [1.807, 2.05) is 54.4 Å². The average molecular weight is 541 g/mol. The van der Waals surface area contributed by atoms with Gasteiger partial charge in [-0.2, -0.15) is 0 Å². The smallest absolute Gasteiger partial charge is 0.254 e. The Morgan fingerprint density at radius 3 is 2.49 bits per heavy atom. The average Bonchev–Trinajstić information content (AvgIpc) is 2.91. The third kappa shape index (κ3) is 5.65. The first kappa shape index (κ1) is 26.4. The molecule has 3 aromatic rings. The lowest BCUT2D eigenvalue weighted by atomic mass is 9.71. The van der Waals surface area contributed by atoms with Gasteiger partial charge in [-0.15, -0.1) is 0 Å². The maximum Gasteiger partial charge on any atom is 0.254 e. The number of fused-ring (bicyclic) bond motifs is 1. The largest absolute Gasteiger partial charge is 0.396 e. The van der Waals surface area contributed by atoms with Crippen LogP contribution in [0.25, 0.3) is 10.9 Å². The van der Waals surface area contributed by atoms with Crippen LogP contribution in [0.5, 0.6) is 0 Å². The molecule has 0 saturated carbocycles. The highest BCUT2D eigenvalue weighted by Crippen LogP contribution is 2.40. The van der Waals surface area contributed by atoms with Crippen LogP contribution >= 0.6 is 23.2 Å². The van der Waals surface area contributed by atoms with Gasteiger partial charge in [0.1, 0.15) is 0 Å². The van der Waals surface area contributed by atoms with Crippen molar-refractivity contribution >= 4 is 40.0 Å². The van der Waals surface area contributed by atoms with Gasteiger partial charge in [-0.25, -0.2) is 0 Å². The predicted octanol–water partition coefficient (Wildman–Crippen LogP) is 6.16. The Morgan fingerprint density at radius 1 is 1.05 bits per heavy atom. The normalized spacial score (nSPS) is 18.9. The lowest BCUT2D eigenvalue weighted by Crippen LogP contribution is -2.51. The fourth-order valence-corrected chi connectivity index (χ4v) is 6.64. The molecule has 0 atom stereocenters.